The third-order valence-corrected chi connectivity index (χ3v) is 3.50. The Labute approximate surface area is 126 Å². The van der Waals surface area contributed by atoms with Crippen LogP contribution < -0.4 is 10.2 Å². The molecule has 0 radical (unpaired) electrons. The number of H-pyrrole nitrogens is 1. The molecule has 8 heteroatoms. The molecule has 0 atom stereocenters. The van der Waals surface area contributed by atoms with Gasteiger partial charge in [-0.25, -0.2) is 4.98 Å². The number of hydrogen-bond donors (Lipinski definition) is 2. The lowest BCUT2D eigenvalue weighted by molar-refractivity contribution is -0.136. The van der Waals surface area contributed by atoms with Gasteiger partial charge in [-0.2, -0.15) is 13.2 Å². The Balaban J connectivity index is 0.00000161. The molecular formula is C13H16ClF3N4. The average Bonchev–Trinajstić information content (AvgIpc) is 2.78. The second-order valence-corrected chi connectivity index (χ2v) is 4.97. The minimum Gasteiger partial charge on any atom is -0.356 e. The number of alkyl halides is 3. The van der Waals surface area contributed by atoms with Crippen LogP contribution in [0.15, 0.2) is 12.3 Å². The van der Waals surface area contributed by atoms with E-state index in [1.807, 2.05) is 4.90 Å². The fraction of sp³-hybridized carbons (Fsp3) is 0.462. The lowest BCUT2D eigenvalue weighted by Crippen LogP contribution is -2.44. The molecule has 2 aromatic heterocycles. The quantitative estimate of drug-likeness (QED) is 0.849. The Kier molecular flexibility index (Phi) is 4.34. The van der Waals surface area contributed by atoms with Gasteiger partial charge in [-0.15, -0.1) is 12.4 Å². The summed E-state index contributed by atoms with van der Waals surface area (Å²) in [5.74, 6) is 0.600. The third-order valence-electron chi connectivity index (χ3n) is 3.50. The number of aromatic nitrogens is 2. The van der Waals surface area contributed by atoms with Crippen LogP contribution in [-0.4, -0.2) is 36.1 Å². The van der Waals surface area contributed by atoms with Gasteiger partial charge in [0, 0.05) is 43.5 Å². The molecule has 4 nitrogen and oxygen atoms in total. The van der Waals surface area contributed by atoms with Crippen LogP contribution in [0.4, 0.5) is 19.0 Å². The fourth-order valence-corrected chi connectivity index (χ4v) is 2.58. The van der Waals surface area contributed by atoms with Crippen molar-refractivity contribution in [2.75, 3.05) is 31.1 Å². The SMILES string of the molecule is Cc1cc2c(C(F)(F)F)cnc(N3CCNCC3)c2[nH]1.Cl. The number of anilines is 1. The van der Waals surface area contributed by atoms with E-state index in [0.29, 0.717) is 17.0 Å². The molecule has 0 aromatic carbocycles. The highest BCUT2D eigenvalue weighted by Crippen LogP contribution is 2.37. The number of piperazine rings is 1. The summed E-state index contributed by atoms with van der Waals surface area (Å²) in [7, 11) is 0. The summed E-state index contributed by atoms with van der Waals surface area (Å²) in [6.07, 6.45) is -3.45. The highest BCUT2D eigenvalue weighted by atomic mass is 35.5. The topological polar surface area (TPSA) is 44.0 Å². The van der Waals surface area contributed by atoms with Gasteiger partial charge >= 0.3 is 6.18 Å². The molecule has 3 rings (SSSR count). The summed E-state index contributed by atoms with van der Waals surface area (Å²) < 4.78 is 39.1. The van der Waals surface area contributed by atoms with Gasteiger partial charge in [0.15, 0.2) is 5.82 Å². The number of fused-ring (bicyclic) bond motifs is 1. The van der Waals surface area contributed by atoms with Crippen molar-refractivity contribution in [3.05, 3.63) is 23.5 Å². The molecule has 0 saturated carbocycles. The molecule has 3 heterocycles. The van der Waals surface area contributed by atoms with Crippen molar-refractivity contribution in [3.63, 3.8) is 0 Å². The van der Waals surface area contributed by atoms with E-state index in [1.54, 1.807) is 6.92 Å². The Morgan fingerprint density at radius 1 is 1.24 bits per heavy atom. The molecule has 0 unspecified atom stereocenters. The molecule has 0 aliphatic carbocycles. The molecule has 2 aromatic rings. The minimum atomic E-state index is -4.39. The predicted octanol–water partition coefficient (Wildman–Crippen LogP) is 2.72. The first-order chi connectivity index (χ1) is 9.47. The first kappa shape index (κ1) is 15.9. The molecule has 2 N–H and O–H groups in total. The average molecular weight is 321 g/mol. The maximum absolute atomic E-state index is 13.0. The number of halogens is 4. The molecular weight excluding hydrogens is 305 g/mol. The van der Waals surface area contributed by atoms with Crippen molar-refractivity contribution >= 4 is 29.1 Å². The number of nitrogens with one attached hydrogen (secondary N) is 2. The lowest BCUT2D eigenvalue weighted by Gasteiger charge is -2.29. The van der Waals surface area contributed by atoms with Crippen molar-refractivity contribution in [2.45, 2.75) is 13.1 Å². The maximum atomic E-state index is 13.0. The minimum absolute atomic E-state index is 0. The molecule has 0 spiro atoms. The summed E-state index contributed by atoms with van der Waals surface area (Å²) in [5.41, 5.74) is 0.491. The predicted molar refractivity (Wildman–Crippen MR) is 78.2 cm³/mol. The monoisotopic (exact) mass is 320 g/mol. The summed E-state index contributed by atoms with van der Waals surface area (Å²) >= 11 is 0. The van der Waals surface area contributed by atoms with Gasteiger partial charge in [-0.1, -0.05) is 0 Å². The van der Waals surface area contributed by atoms with Gasteiger partial charge in [0.2, 0.25) is 0 Å². The molecule has 0 bridgehead atoms. The summed E-state index contributed by atoms with van der Waals surface area (Å²) in [6.45, 7) is 4.85. The number of hydrogen-bond acceptors (Lipinski definition) is 3. The van der Waals surface area contributed by atoms with E-state index in [1.165, 1.54) is 6.07 Å². The van der Waals surface area contributed by atoms with E-state index in [0.717, 1.165) is 32.4 Å². The Morgan fingerprint density at radius 3 is 2.52 bits per heavy atom. The third kappa shape index (κ3) is 2.94. The Morgan fingerprint density at radius 2 is 1.90 bits per heavy atom. The lowest BCUT2D eigenvalue weighted by atomic mass is 10.1. The van der Waals surface area contributed by atoms with Crippen LogP contribution in [0, 0.1) is 6.92 Å². The summed E-state index contributed by atoms with van der Waals surface area (Å²) in [5, 5.41) is 3.41. The highest BCUT2D eigenvalue weighted by Gasteiger charge is 2.34. The Bertz CT molecular complexity index is 632. The van der Waals surface area contributed by atoms with E-state index in [2.05, 4.69) is 15.3 Å². The number of nitrogens with zero attached hydrogens (tertiary/aromatic N) is 2. The second kappa shape index (κ2) is 5.73. The fourth-order valence-electron chi connectivity index (χ4n) is 2.58. The number of aromatic amines is 1. The van der Waals surface area contributed by atoms with Gasteiger partial charge in [0.1, 0.15) is 0 Å². The van der Waals surface area contributed by atoms with Crippen LogP contribution >= 0.6 is 12.4 Å². The van der Waals surface area contributed by atoms with Gasteiger partial charge < -0.3 is 15.2 Å². The van der Waals surface area contributed by atoms with Gasteiger partial charge in [0.25, 0.3) is 0 Å². The smallest absolute Gasteiger partial charge is 0.356 e. The van der Waals surface area contributed by atoms with Crippen LogP contribution in [0.25, 0.3) is 10.9 Å². The van der Waals surface area contributed by atoms with Crippen LogP contribution in [0.3, 0.4) is 0 Å². The van der Waals surface area contributed by atoms with E-state index in [-0.39, 0.29) is 17.8 Å². The molecule has 1 aliphatic heterocycles. The van der Waals surface area contributed by atoms with Crippen LogP contribution in [0.5, 0.6) is 0 Å². The molecule has 0 amide bonds. The molecule has 116 valence electrons. The van der Waals surface area contributed by atoms with E-state index >= 15 is 0 Å². The molecule has 1 fully saturated rings. The van der Waals surface area contributed by atoms with Crippen molar-refractivity contribution in [3.8, 4) is 0 Å². The van der Waals surface area contributed by atoms with Gasteiger partial charge in [-0.05, 0) is 13.0 Å². The first-order valence-corrected chi connectivity index (χ1v) is 6.48. The van der Waals surface area contributed by atoms with Crippen molar-refractivity contribution in [1.29, 1.82) is 0 Å². The van der Waals surface area contributed by atoms with E-state index in [9.17, 15) is 13.2 Å². The second-order valence-electron chi connectivity index (χ2n) is 4.97. The number of pyridine rings is 1. The zero-order valence-electron chi connectivity index (χ0n) is 11.4. The van der Waals surface area contributed by atoms with Gasteiger partial charge in [0.05, 0.1) is 11.1 Å². The van der Waals surface area contributed by atoms with Crippen molar-refractivity contribution in [1.82, 2.24) is 15.3 Å². The summed E-state index contributed by atoms with van der Waals surface area (Å²) in [6, 6.07) is 1.53. The largest absolute Gasteiger partial charge is 0.418 e. The Hall–Kier alpha value is -1.47. The van der Waals surface area contributed by atoms with Crippen LogP contribution in [-0.2, 0) is 6.18 Å². The zero-order valence-corrected chi connectivity index (χ0v) is 12.2. The van der Waals surface area contributed by atoms with E-state index in [4.69, 9.17) is 0 Å². The number of aryl methyl sites for hydroxylation is 1. The molecule has 1 aliphatic rings. The van der Waals surface area contributed by atoms with Gasteiger partial charge in [-0.3, -0.25) is 0 Å². The van der Waals surface area contributed by atoms with Crippen LogP contribution in [0.2, 0.25) is 0 Å². The number of rotatable bonds is 1. The summed E-state index contributed by atoms with van der Waals surface area (Å²) in [4.78, 5) is 9.08. The molecule has 21 heavy (non-hydrogen) atoms. The van der Waals surface area contributed by atoms with Crippen LogP contribution in [0.1, 0.15) is 11.3 Å². The maximum Gasteiger partial charge on any atom is 0.418 e. The molecule has 1 saturated heterocycles. The zero-order chi connectivity index (χ0) is 14.3. The van der Waals surface area contributed by atoms with E-state index < -0.39 is 11.7 Å². The van der Waals surface area contributed by atoms with Crippen molar-refractivity contribution < 1.29 is 13.2 Å². The first-order valence-electron chi connectivity index (χ1n) is 6.48. The van der Waals surface area contributed by atoms with Crippen molar-refractivity contribution in [2.24, 2.45) is 0 Å². The normalized spacial score (nSPS) is 16.1. The standard InChI is InChI=1S/C13H15F3N4.ClH/c1-8-6-9-10(13(14,15)16)7-18-12(11(9)19-8)20-4-2-17-3-5-20;/h6-7,17,19H,2-5H2,1H3;1H. The highest BCUT2D eigenvalue weighted by molar-refractivity contribution is 5.92.